The topological polar surface area (TPSA) is 46.2 Å². The van der Waals surface area contributed by atoms with Crippen molar-refractivity contribution >= 4 is 31.5 Å². The number of nitrogens with one attached hydrogen (secondary N) is 1. The second-order valence-corrected chi connectivity index (χ2v) is 8.19. The monoisotopic (exact) mass is 331 g/mol. The second kappa shape index (κ2) is 5.21. The van der Waals surface area contributed by atoms with E-state index in [0.717, 1.165) is 35.0 Å². The van der Waals surface area contributed by atoms with E-state index in [4.69, 9.17) is 0 Å². The molecule has 0 saturated heterocycles. The fraction of sp³-hybridized carbons (Fsp3) is 0.538. The lowest BCUT2D eigenvalue weighted by Gasteiger charge is -2.22. The lowest BCUT2D eigenvalue weighted by molar-refractivity contribution is 0.579. The molecule has 0 heterocycles. The van der Waals surface area contributed by atoms with Gasteiger partial charge in [0.05, 0.1) is 5.25 Å². The van der Waals surface area contributed by atoms with Crippen LogP contribution in [0, 0.1) is 6.92 Å². The third-order valence-corrected chi connectivity index (χ3v) is 5.70. The summed E-state index contributed by atoms with van der Waals surface area (Å²) in [5.41, 5.74) is 2.15. The first-order chi connectivity index (χ1) is 8.38. The molecular formula is C13H18BrNO2S. The molecule has 0 radical (unpaired) electrons. The van der Waals surface area contributed by atoms with E-state index in [2.05, 4.69) is 21.2 Å². The van der Waals surface area contributed by atoms with Crippen molar-refractivity contribution in [2.45, 2.75) is 37.5 Å². The van der Waals surface area contributed by atoms with Crippen molar-refractivity contribution in [1.82, 2.24) is 0 Å². The number of aryl methyl sites for hydroxylation is 1. The Bertz CT molecular complexity index is 542. The van der Waals surface area contributed by atoms with Crippen molar-refractivity contribution < 1.29 is 8.42 Å². The van der Waals surface area contributed by atoms with Crippen molar-refractivity contribution in [1.29, 1.82) is 0 Å². The number of benzene rings is 1. The van der Waals surface area contributed by atoms with Gasteiger partial charge in [0.25, 0.3) is 0 Å². The molecule has 1 aliphatic rings. The van der Waals surface area contributed by atoms with Crippen LogP contribution >= 0.6 is 15.9 Å². The molecule has 1 aromatic rings. The van der Waals surface area contributed by atoms with Crippen LogP contribution in [0.25, 0.3) is 0 Å². The van der Waals surface area contributed by atoms with E-state index in [1.807, 2.05) is 25.1 Å². The van der Waals surface area contributed by atoms with Gasteiger partial charge in [-0.15, -0.1) is 0 Å². The van der Waals surface area contributed by atoms with Crippen molar-refractivity contribution in [3.8, 4) is 0 Å². The van der Waals surface area contributed by atoms with Crippen molar-refractivity contribution in [2.24, 2.45) is 0 Å². The molecule has 3 nitrogen and oxygen atoms in total. The molecule has 0 bridgehead atoms. The second-order valence-electron chi connectivity index (χ2n) is 5.01. The van der Waals surface area contributed by atoms with Crippen LogP contribution in [0.1, 0.15) is 24.8 Å². The Hall–Kier alpha value is -0.550. The highest BCUT2D eigenvalue weighted by Crippen LogP contribution is 2.30. The number of halogens is 1. The molecule has 0 aromatic heterocycles. The Morgan fingerprint density at radius 1 is 1.33 bits per heavy atom. The van der Waals surface area contributed by atoms with Crippen molar-refractivity contribution in [3.63, 3.8) is 0 Å². The Kier molecular flexibility index (Phi) is 4.02. The SMILES string of the molecule is Cc1ccc(Br)cc1NC1CCCC1S(C)(=O)=O. The zero-order valence-corrected chi connectivity index (χ0v) is 13.0. The zero-order valence-electron chi connectivity index (χ0n) is 10.6. The van der Waals surface area contributed by atoms with E-state index in [9.17, 15) is 8.42 Å². The quantitative estimate of drug-likeness (QED) is 0.925. The van der Waals surface area contributed by atoms with E-state index >= 15 is 0 Å². The molecule has 2 atom stereocenters. The summed E-state index contributed by atoms with van der Waals surface area (Å²) in [5, 5.41) is 3.14. The largest absolute Gasteiger partial charge is 0.381 e. The lowest BCUT2D eigenvalue weighted by atomic mass is 10.1. The van der Waals surface area contributed by atoms with Crippen LogP contribution < -0.4 is 5.32 Å². The maximum absolute atomic E-state index is 11.7. The summed E-state index contributed by atoms with van der Waals surface area (Å²) in [7, 11) is -2.97. The van der Waals surface area contributed by atoms with Crippen LogP contribution in [0.3, 0.4) is 0 Å². The average molecular weight is 332 g/mol. The van der Waals surface area contributed by atoms with Gasteiger partial charge in [-0.25, -0.2) is 8.42 Å². The van der Waals surface area contributed by atoms with E-state index < -0.39 is 9.84 Å². The third-order valence-electron chi connectivity index (χ3n) is 3.54. The molecule has 1 saturated carbocycles. The Morgan fingerprint density at radius 2 is 2.06 bits per heavy atom. The Balaban J connectivity index is 2.21. The Labute approximate surface area is 117 Å². The highest BCUT2D eigenvalue weighted by Gasteiger charge is 2.34. The molecule has 2 rings (SSSR count). The first-order valence-electron chi connectivity index (χ1n) is 6.09. The minimum absolute atomic E-state index is 0.0352. The smallest absolute Gasteiger partial charge is 0.152 e. The predicted molar refractivity (Wildman–Crippen MR) is 78.8 cm³/mol. The lowest BCUT2D eigenvalue weighted by Crippen LogP contribution is -2.34. The predicted octanol–water partition coefficient (Wildman–Crippen LogP) is 3.14. The molecule has 1 aromatic carbocycles. The summed E-state index contributed by atoms with van der Waals surface area (Å²) in [6.45, 7) is 2.03. The van der Waals surface area contributed by atoms with Crippen LogP contribution in [-0.2, 0) is 9.84 Å². The van der Waals surface area contributed by atoms with Gasteiger partial charge in [-0.1, -0.05) is 22.0 Å². The average Bonchev–Trinajstić information content (AvgIpc) is 2.71. The summed E-state index contributed by atoms with van der Waals surface area (Å²) in [6, 6.07) is 6.06. The first-order valence-corrected chi connectivity index (χ1v) is 8.84. The molecule has 1 N–H and O–H groups in total. The van der Waals surface area contributed by atoms with Gasteiger partial charge in [-0.2, -0.15) is 0 Å². The third kappa shape index (κ3) is 3.06. The number of anilines is 1. The minimum Gasteiger partial charge on any atom is -0.381 e. The van der Waals surface area contributed by atoms with Gasteiger partial charge >= 0.3 is 0 Å². The molecule has 0 spiro atoms. The molecule has 1 fully saturated rings. The van der Waals surface area contributed by atoms with Crippen molar-refractivity contribution in [2.75, 3.05) is 11.6 Å². The van der Waals surface area contributed by atoms with E-state index in [-0.39, 0.29) is 11.3 Å². The number of sulfone groups is 1. The molecule has 1 aliphatic carbocycles. The van der Waals surface area contributed by atoms with E-state index in [1.165, 1.54) is 6.26 Å². The summed E-state index contributed by atoms with van der Waals surface area (Å²) in [4.78, 5) is 0. The van der Waals surface area contributed by atoms with E-state index in [1.54, 1.807) is 0 Å². The van der Waals surface area contributed by atoms with E-state index in [0.29, 0.717) is 0 Å². The van der Waals surface area contributed by atoms with Gasteiger partial charge in [0.2, 0.25) is 0 Å². The van der Waals surface area contributed by atoms with Gasteiger partial charge in [0.1, 0.15) is 0 Å². The van der Waals surface area contributed by atoms with Crippen LogP contribution in [0.2, 0.25) is 0 Å². The Morgan fingerprint density at radius 3 is 2.72 bits per heavy atom. The van der Waals surface area contributed by atoms with Gasteiger partial charge in [-0.05, 0) is 43.9 Å². The first kappa shape index (κ1) is 13.9. The molecule has 18 heavy (non-hydrogen) atoms. The molecule has 0 amide bonds. The van der Waals surface area contributed by atoms with Crippen molar-refractivity contribution in [3.05, 3.63) is 28.2 Å². The standard InChI is InChI=1S/C13H18BrNO2S/c1-9-6-7-10(14)8-12(9)15-11-4-3-5-13(11)18(2,16)17/h6-8,11,13,15H,3-5H2,1-2H3. The maximum Gasteiger partial charge on any atom is 0.152 e. The summed E-state index contributed by atoms with van der Waals surface area (Å²) in [5.74, 6) is 0. The molecular weight excluding hydrogens is 314 g/mol. The zero-order chi connectivity index (χ0) is 13.3. The summed E-state index contributed by atoms with van der Waals surface area (Å²) >= 11 is 3.44. The number of hydrogen-bond donors (Lipinski definition) is 1. The highest BCUT2D eigenvalue weighted by atomic mass is 79.9. The van der Waals surface area contributed by atoms with Gasteiger partial charge in [0, 0.05) is 22.5 Å². The van der Waals surface area contributed by atoms with Gasteiger partial charge < -0.3 is 5.32 Å². The minimum atomic E-state index is -2.97. The number of rotatable bonds is 3. The number of hydrogen-bond acceptors (Lipinski definition) is 3. The molecule has 5 heteroatoms. The van der Waals surface area contributed by atoms with Gasteiger partial charge in [-0.3, -0.25) is 0 Å². The fourth-order valence-corrected chi connectivity index (χ4v) is 4.31. The molecule has 2 unspecified atom stereocenters. The maximum atomic E-state index is 11.7. The van der Waals surface area contributed by atoms with Crippen LogP contribution in [0.4, 0.5) is 5.69 Å². The molecule has 0 aliphatic heterocycles. The summed E-state index contributed by atoms with van der Waals surface area (Å²) in [6.07, 6.45) is 4.00. The van der Waals surface area contributed by atoms with Crippen LogP contribution in [0.15, 0.2) is 22.7 Å². The van der Waals surface area contributed by atoms with Crippen LogP contribution in [0.5, 0.6) is 0 Å². The fourth-order valence-electron chi connectivity index (χ4n) is 2.55. The summed E-state index contributed by atoms with van der Waals surface area (Å²) < 4.78 is 24.5. The van der Waals surface area contributed by atoms with Crippen LogP contribution in [-0.4, -0.2) is 26.0 Å². The van der Waals surface area contributed by atoms with Gasteiger partial charge in [0.15, 0.2) is 9.84 Å². The molecule has 100 valence electrons. The highest BCUT2D eigenvalue weighted by molar-refractivity contribution is 9.10. The normalized spacial score (nSPS) is 24.2.